The predicted molar refractivity (Wildman–Crippen MR) is 108 cm³/mol. The van der Waals surface area contributed by atoms with Gasteiger partial charge < -0.3 is 10.1 Å². The van der Waals surface area contributed by atoms with Gasteiger partial charge in [0.1, 0.15) is 0 Å². The summed E-state index contributed by atoms with van der Waals surface area (Å²) in [6, 6.07) is 9.17. The summed E-state index contributed by atoms with van der Waals surface area (Å²) in [5, 5.41) is 6.70. The highest BCUT2D eigenvalue weighted by Crippen LogP contribution is 2.20. The zero-order chi connectivity index (χ0) is 20.8. The number of imide groups is 1. The molecule has 1 heterocycles. The molecule has 0 spiro atoms. The van der Waals surface area contributed by atoms with Crippen LogP contribution in [0.4, 0.5) is 4.79 Å². The molecule has 1 fully saturated rings. The van der Waals surface area contributed by atoms with Crippen LogP contribution < -0.4 is 10.6 Å². The summed E-state index contributed by atoms with van der Waals surface area (Å²) in [4.78, 5) is 49.8. The molecule has 0 saturated heterocycles. The van der Waals surface area contributed by atoms with Crippen molar-refractivity contribution in [1.29, 1.82) is 0 Å². The van der Waals surface area contributed by atoms with Gasteiger partial charge in [-0.1, -0.05) is 37.1 Å². The summed E-state index contributed by atoms with van der Waals surface area (Å²) in [5.41, 5.74) is 0.271. The van der Waals surface area contributed by atoms with Crippen molar-refractivity contribution in [3.8, 4) is 0 Å². The first kappa shape index (κ1) is 20.7. The molecular formula is C21H22N2O5S. The third-order valence-electron chi connectivity index (χ3n) is 4.72. The lowest BCUT2D eigenvalue weighted by molar-refractivity contribution is -0.127. The van der Waals surface area contributed by atoms with Crippen LogP contribution in [0.2, 0.25) is 0 Å². The lowest BCUT2D eigenvalue weighted by atomic mass is 10.0. The summed E-state index contributed by atoms with van der Waals surface area (Å²) in [6.07, 6.45) is 2.69. The Labute approximate surface area is 172 Å². The van der Waals surface area contributed by atoms with E-state index in [0.29, 0.717) is 4.88 Å². The maximum atomic E-state index is 12.6. The number of carbonyl (C=O) groups is 4. The Morgan fingerprint density at radius 1 is 1.03 bits per heavy atom. The Balaban J connectivity index is 1.61. The van der Waals surface area contributed by atoms with E-state index in [1.807, 2.05) is 0 Å². The quantitative estimate of drug-likeness (QED) is 0.558. The molecule has 0 aliphatic heterocycles. The number of hydrogen-bond donors (Lipinski definition) is 2. The minimum Gasteiger partial charge on any atom is -0.449 e. The number of amides is 3. The molecule has 8 heteroatoms. The Kier molecular flexibility index (Phi) is 6.77. The first-order valence-electron chi connectivity index (χ1n) is 9.45. The Morgan fingerprint density at radius 3 is 2.38 bits per heavy atom. The van der Waals surface area contributed by atoms with Crippen molar-refractivity contribution in [3.05, 3.63) is 57.8 Å². The molecule has 2 aromatic rings. The number of urea groups is 1. The van der Waals surface area contributed by atoms with E-state index < -0.39 is 24.0 Å². The van der Waals surface area contributed by atoms with E-state index in [9.17, 15) is 19.2 Å². The van der Waals surface area contributed by atoms with Crippen molar-refractivity contribution >= 4 is 35.0 Å². The van der Waals surface area contributed by atoms with Crippen LogP contribution in [-0.2, 0) is 9.53 Å². The number of rotatable bonds is 6. The van der Waals surface area contributed by atoms with Crippen LogP contribution in [0.1, 0.15) is 58.2 Å². The molecule has 0 bridgehead atoms. The van der Waals surface area contributed by atoms with Gasteiger partial charge in [-0.15, -0.1) is 11.3 Å². The summed E-state index contributed by atoms with van der Waals surface area (Å²) >= 11 is 1.27. The van der Waals surface area contributed by atoms with E-state index in [0.717, 1.165) is 25.7 Å². The van der Waals surface area contributed by atoms with Gasteiger partial charge in [0.05, 0.1) is 10.4 Å². The van der Waals surface area contributed by atoms with E-state index >= 15 is 0 Å². The number of esters is 1. The molecule has 0 radical (unpaired) electrons. The summed E-state index contributed by atoms with van der Waals surface area (Å²) in [7, 11) is 0. The van der Waals surface area contributed by atoms with Crippen LogP contribution in [-0.4, -0.2) is 35.8 Å². The molecule has 1 saturated carbocycles. The molecule has 1 aliphatic carbocycles. The minimum atomic E-state index is -1.19. The molecule has 152 valence electrons. The van der Waals surface area contributed by atoms with Gasteiger partial charge in [0.15, 0.2) is 6.10 Å². The normalized spacial score (nSPS) is 14.8. The number of nitrogens with one attached hydrogen (secondary N) is 2. The van der Waals surface area contributed by atoms with Gasteiger partial charge in [0, 0.05) is 11.6 Å². The molecule has 1 atom stereocenters. The van der Waals surface area contributed by atoms with Crippen molar-refractivity contribution in [1.82, 2.24) is 10.6 Å². The lowest BCUT2D eigenvalue weighted by Crippen LogP contribution is -2.47. The average Bonchev–Trinajstić information content (AvgIpc) is 3.41. The molecular weight excluding hydrogens is 392 g/mol. The van der Waals surface area contributed by atoms with Crippen molar-refractivity contribution in [3.63, 3.8) is 0 Å². The minimum absolute atomic E-state index is 0.0656. The fourth-order valence-electron chi connectivity index (χ4n) is 3.18. The van der Waals surface area contributed by atoms with Crippen LogP contribution in [0.5, 0.6) is 0 Å². The fourth-order valence-corrected chi connectivity index (χ4v) is 3.86. The van der Waals surface area contributed by atoms with Crippen molar-refractivity contribution in [2.45, 2.75) is 44.8 Å². The van der Waals surface area contributed by atoms with E-state index in [1.165, 1.54) is 24.3 Å². The third-order valence-corrected chi connectivity index (χ3v) is 5.59. The largest absolute Gasteiger partial charge is 0.449 e. The maximum Gasteiger partial charge on any atom is 0.339 e. The number of benzene rings is 1. The van der Waals surface area contributed by atoms with Crippen molar-refractivity contribution < 1.29 is 23.9 Å². The zero-order valence-electron chi connectivity index (χ0n) is 16.0. The van der Waals surface area contributed by atoms with Crippen LogP contribution in [0.25, 0.3) is 0 Å². The lowest BCUT2D eigenvalue weighted by Gasteiger charge is -2.16. The Hall–Kier alpha value is -3.00. The molecule has 29 heavy (non-hydrogen) atoms. The van der Waals surface area contributed by atoms with Gasteiger partial charge >= 0.3 is 12.0 Å². The Bertz CT molecular complexity index is 904. The zero-order valence-corrected chi connectivity index (χ0v) is 16.8. The van der Waals surface area contributed by atoms with Crippen LogP contribution in [0.15, 0.2) is 41.8 Å². The Morgan fingerprint density at radius 2 is 1.72 bits per heavy atom. The molecule has 3 amide bonds. The highest BCUT2D eigenvalue weighted by Gasteiger charge is 2.25. The number of thiophene rings is 1. The molecule has 2 N–H and O–H groups in total. The van der Waals surface area contributed by atoms with E-state index in [-0.39, 0.29) is 23.0 Å². The van der Waals surface area contributed by atoms with Crippen LogP contribution >= 0.6 is 11.3 Å². The number of carbonyl (C=O) groups excluding carboxylic acids is 4. The average molecular weight is 414 g/mol. The van der Waals surface area contributed by atoms with Gasteiger partial charge in [0.2, 0.25) is 5.78 Å². The van der Waals surface area contributed by atoms with Crippen molar-refractivity contribution in [2.75, 3.05) is 0 Å². The summed E-state index contributed by atoms with van der Waals surface area (Å²) in [6.45, 7) is 1.37. The first-order valence-corrected chi connectivity index (χ1v) is 10.3. The summed E-state index contributed by atoms with van der Waals surface area (Å²) < 4.78 is 5.20. The maximum absolute atomic E-state index is 12.6. The second-order valence-electron chi connectivity index (χ2n) is 6.84. The van der Waals surface area contributed by atoms with Gasteiger partial charge in [-0.05, 0) is 37.3 Å². The predicted octanol–water partition coefficient (Wildman–Crippen LogP) is 3.29. The van der Waals surface area contributed by atoms with E-state index in [1.54, 1.807) is 35.7 Å². The number of hydrogen-bond acceptors (Lipinski definition) is 6. The van der Waals surface area contributed by atoms with E-state index in [2.05, 4.69) is 10.6 Å². The standard InChI is InChI=1S/C21H22N2O5S/c1-13(19(25)23-21(27)22-14-7-2-3-8-14)28-20(26)16-10-5-4-9-15(16)18(24)17-11-6-12-29-17/h4-6,9-14H,2-3,7-8H2,1H3,(H2,22,23,25,27)/t13-/m0/s1. The van der Waals surface area contributed by atoms with Crippen LogP contribution in [0.3, 0.4) is 0 Å². The fraction of sp³-hybridized carbons (Fsp3) is 0.333. The van der Waals surface area contributed by atoms with Gasteiger partial charge in [-0.3, -0.25) is 14.9 Å². The highest BCUT2D eigenvalue weighted by molar-refractivity contribution is 7.12. The summed E-state index contributed by atoms with van der Waals surface area (Å²) in [5.74, 6) is -1.82. The second kappa shape index (κ2) is 9.47. The molecule has 1 aromatic heterocycles. The van der Waals surface area contributed by atoms with Crippen LogP contribution in [0, 0.1) is 0 Å². The van der Waals surface area contributed by atoms with Gasteiger partial charge in [0.25, 0.3) is 5.91 Å². The monoisotopic (exact) mass is 414 g/mol. The van der Waals surface area contributed by atoms with E-state index in [4.69, 9.17) is 4.74 Å². The highest BCUT2D eigenvalue weighted by atomic mass is 32.1. The van der Waals surface area contributed by atoms with Gasteiger partial charge in [-0.2, -0.15) is 0 Å². The van der Waals surface area contributed by atoms with Crippen molar-refractivity contribution in [2.24, 2.45) is 0 Å². The second-order valence-corrected chi connectivity index (χ2v) is 7.79. The smallest absolute Gasteiger partial charge is 0.339 e. The molecule has 1 aromatic carbocycles. The molecule has 3 rings (SSSR count). The topological polar surface area (TPSA) is 102 Å². The SMILES string of the molecule is C[C@H](OC(=O)c1ccccc1C(=O)c1cccs1)C(=O)NC(=O)NC1CCCC1. The third kappa shape index (κ3) is 5.29. The molecule has 1 aliphatic rings. The number of ketones is 1. The first-order chi connectivity index (χ1) is 14.0. The number of ether oxygens (including phenoxy) is 1. The molecule has 7 nitrogen and oxygen atoms in total. The molecule has 0 unspecified atom stereocenters. The van der Waals surface area contributed by atoms with Gasteiger partial charge in [-0.25, -0.2) is 9.59 Å².